The maximum atomic E-state index is 5.79. The van der Waals surface area contributed by atoms with Crippen LogP contribution < -0.4 is 5.32 Å². The number of likely N-dealkylation sites (N-methyl/N-ethyl adjacent to an activating group) is 1. The summed E-state index contributed by atoms with van der Waals surface area (Å²) >= 11 is 0. The lowest BCUT2D eigenvalue weighted by molar-refractivity contribution is 0.0195. The smallest absolute Gasteiger partial charge is 0.112 e. The van der Waals surface area contributed by atoms with Gasteiger partial charge in [0.1, 0.15) is 6.10 Å². The van der Waals surface area contributed by atoms with Gasteiger partial charge >= 0.3 is 0 Å². The summed E-state index contributed by atoms with van der Waals surface area (Å²) in [7, 11) is 1.95. The summed E-state index contributed by atoms with van der Waals surface area (Å²) in [6.45, 7) is 2.42. The summed E-state index contributed by atoms with van der Waals surface area (Å²) in [5.41, 5.74) is 2.26. The van der Waals surface area contributed by atoms with Crippen molar-refractivity contribution >= 4 is 23.3 Å². The first-order valence-electron chi connectivity index (χ1n) is 5.62. The molecule has 2 aromatic rings. The second-order valence-electron chi connectivity index (χ2n) is 4.04. The number of aromatic nitrogens is 2. The zero-order chi connectivity index (χ0) is 11.0. The second-order valence-corrected chi connectivity index (χ2v) is 4.04. The van der Waals surface area contributed by atoms with Crippen molar-refractivity contribution in [2.45, 2.75) is 12.6 Å². The number of nitrogens with zero attached hydrogens (tertiary/aromatic N) is 2. The molecule has 17 heavy (non-hydrogen) atoms. The van der Waals surface area contributed by atoms with Crippen molar-refractivity contribution < 1.29 is 4.74 Å². The molecule has 92 valence electrons. The summed E-state index contributed by atoms with van der Waals surface area (Å²) in [5.74, 6) is 0. The molecule has 1 aliphatic rings. The third-order valence-electron chi connectivity index (χ3n) is 3.00. The highest BCUT2D eigenvalue weighted by atomic mass is 35.5. The minimum Gasteiger partial charge on any atom is -0.369 e. The van der Waals surface area contributed by atoms with Gasteiger partial charge in [-0.1, -0.05) is 18.2 Å². The van der Waals surface area contributed by atoms with E-state index in [-0.39, 0.29) is 18.5 Å². The van der Waals surface area contributed by atoms with Gasteiger partial charge in [0.25, 0.3) is 0 Å². The quantitative estimate of drug-likeness (QED) is 0.886. The van der Waals surface area contributed by atoms with E-state index in [1.807, 2.05) is 13.1 Å². The van der Waals surface area contributed by atoms with Crippen molar-refractivity contribution in [2.24, 2.45) is 0 Å². The Morgan fingerprint density at radius 2 is 2.29 bits per heavy atom. The SMILES string of the molecule is CNC[C@H]1OCCn2nc3ccccc3c21.Cl. The zero-order valence-corrected chi connectivity index (χ0v) is 10.5. The first-order valence-corrected chi connectivity index (χ1v) is 5.62. The predicted octanol–water partition coefficient (Wildman–Crippen LogP) is 1.75. The molecule has 0 aliphatic carbocycles. The van der Waals surface area contributed by atoms with E-state index in [2.05, 4.69) is 33.3 Å². The maximum Gasteiger partial charge on any atom is 0.112 e. The third-order valence-corrected chi connectivity index (χ3v) is 3.00. The van der Waals surface area contributed by atoms with E-state index in [9.17, 15) is 0 Å². The summed E-state index contributed by atoms with van der Waals surface area (Å²) in [6, 6.07) is 8.24. The molecule has 0 bridgehead atoms. The average molecular weight is 254 g/mol. The molecule has 0 saturated carbocycles. The van der Waals surface area contributed by atoms with Crippen LogP contribution in [0.3, 0.4) is 0 Å². The van der Waals surface area contributed by atoms with Crippen LogP contribution in [0.1, 0.15) is 11.8 Å². The highest BCUT2D eigenvalue weighted by Crippen LogP contribution is 2.28. The lowest BCUT2D eigenvalue weighted by Gasteiger charge is -2.24. The Balaban J connectivity index is 0.00000108. The molecule has 0 radical (unpaired) electrons. The summed E-state index contributed by atoms with van der Waals surface area (Å²) in [5, 5.41) is 8.97. The molecular formula is C12H16ClN3O. The molecule has 1 N–H and O–H groups in total. The second kappa shape index (κ2) is 5.04. The molecule has 0 saturated heterocycles. The van der Waals surface area contributed by atoms with E-state index < -0.39 is 0 Å². The zero-order valence-electron chi connectivity index (χ0n) is 9.72. The first kappa shape index (κ1) is 12.4. The molecule has 1 aliphatic heterocycles. The highest BCUT2D eigenvalue weighted by Gasteiger charge is 2.24. The normalized spacial score (nSPS) is 18.8. The van der Waals surface area contributed by atoms with Crippen molar-refractivity contribution in [3.05, 3.63) is 30.0 Å². The minimum absolute atomic E-state index is 0. The molecule has 5 heteroatoms. The Bertz CT molecular complexity index is 511. The molecule has 4 nitrogen and oxygen atoms in total. The van der Waals surface area contributed by atoms with Crippen LogP contribution in [-0.4, -0.2) is 30.0 Å². The van der Waals surface area contributed by atoms with Gasteiger partial charge in [-0.2, -0.15) is 5.10 Å². The fourth-order valence-electron chi connectivity index (χ4n) is 2.31. The van der Waals surface area contributed by atoms with Gasteiger partial charge in [0.15, 0.2) is 0 Å². The average Bonchev–Trinajstić information content (AvgIpc) is 2.68. The van der Waals surface area contributed by atoms with Crippen molar-refractivity contribution in [2.75, 3.05) is 20.2 Å². The van der Waals surface area contributed by atoms with Gasteiger partial charge in [-0.05, 0) is 13.1 Å². The number of benzene rings is 1. The van der Waals surface area contributed by atoms with Gasteiger partial charge in [0, 0.05) is 11.9 Å². The molecular weight excluding hydrogens is 238 g/mol. The fourth-order valence-corrected chi connectivity index (χ4v) is 2.31. The number of hydrogen-bond acceptors (Lipinski definition) is 3. The lowest BCUT2D eigenvalue weighted by Crippen LogP contribution is -2.28. The van der Waals surface area contributed by atoms with E-state index in [4.69, 9.17) is 4.74 Å². The van der Waals surface area contributed by atoms with Crippen LogP contribution in [0.15, 0.2) is 24.3 Å². The van der Waals surface area contributed by atoms with Crippen LogP contribution in [0.5, 0.6) is 0 Å². The Labute approximate surface area is 106 Å². The van der Waals surface area contributed by atoms with Crippen molar-refractivity contribution in [1.82, 2.24) is 15.1 Å². The standard InChI is InChI=1S/C12H15N3O.ClH/c1-13-8-11-12-9-4-2-3-5-10(9)14-15(12)6-7-16-11;/h2-5,11,13H,6-8H2,1H3;1H/t11-;/m1./s1. The summed E-state index contributed by atoms with van der Waals surface area (Å²) in [6.07, 6.45) is 0.117. The number of halogens is 1. The Morgan fingerprint density at radius 1 is 1.47 bits per heavy atom. The molecule has 1 aromatic heterocycles. The number of hydrogen-bond donors (Lipinski definition) is 1. The van der Waals surface area contributed by atoms with Crippen LogP contribution in [-0.2, 0) is 11.3 Å². The van der Waals surface area contributed by atoms with Gasteiger partial charge in [-0.25, -0.2) is 0 Å². The number of nitrogens with one attached hydrogen (secondary N) is 1. The van der Waals surface area contributed by atoms with Gasteiger partial charge in [-0.15, -0.1) is 12.4 Å². The molecule has 0 spiro atoms. The molecule has 1 aromatic carbocycles. The molecule has 0 fully saturated rings. The van der Waals surface area contributed by atoms with E-state index in [1.165, 1.54) is 11.1 Å². The Kier molecular flexibility index (Phi) is 3.66. The van der Waals surface area contributed by atoms with Crippen LogP contribution >= 0.6 is 12.4 Å². The predicted molar refractivity (Wildman–Crippen MR) is 69.6 cm³/mol. The van der Waals surface area contributed by atoms with Crippen molar-refractivity contribution in [3.63, 3.8) is 0 Å². The molecule has 2 heterocycles. The third kappa shape index (κ3) is 2.04. The van der Waals surface area contributed by atoms with Crippen molar-refractivity contribution in [3.8, 4) is 0 Å². The highest BCUT2D eigenvalue weighted by molar-refractivity contribution is 5.85. The van der Waals surface area contributed by atoms with E-state index in [0.717, 1.165) is 25.2 Å². The summed E-state index contributed by atoms with van der Waals surface area (Å²) < 4.78 is 7.87. The first-order chi connectivity index (χ1) is 7.90. The van der Waals surface area contributed by atoms with Gasteiger partial charge in [-0.3, -0.25) is 4.68 Å². The van der Waals surface area contributed by atoms with Gasteiger partial charge in [0.2, 0.25) is 0 Å². The minimum atomic E-state index is 0. The number of rotatable bonds is 2. The Morgan fingerprint density at radius 3 is 3.12 bits per heavy atom. The van der Waals surface area contributed by atoms with Crippen molar-refractivity contribution in [1.29, 1.82) is 0 Å². The van der Waals surface area contributed by atoms with Gasteiger partial charge in [0.05, 0.1) is 24.4 Å². The lowest BCUT2D eigenvalue weighted by atomic mass is 10.1. The van der Waals surface area contributed by atoms with Crippen LogP contribution in [0.2, 0.25) is 0 Å². The molecule has 0 unspecified atom stereocenters. The Hall–Kier alpha value is -1.10. The van der Waals surface area contributed by atoms with Crippen LogP contribution in [0, 0.1) is 0 Å². The van der Waals surface area contributed by atoms with Crippen LogP contribution in [0.25, 0.3) is 10.9 Å². The fraction of sp³-hybridized carbons (Fsp3) is 0.417. The molecule has 0 amide bonds. The topological polar surface area (TPSA) is 39.1 Å². The summed E-state index contributed by atoms with van der Waals surface area (Å²) in [4.78, 5) is 0. The maximum absolute atomic E-state index is 5.79. The molecule has 1 atom stereocenters. The van der Waals surface area contributed by atoms with E-state index in [1.54, 1.807) is 0 Å². The number of fused-ring (bicyclic) bond motifs is 3. The largest absolute Gasteiger partial charge is 0.369 e. The van der Waals surface area contributed by atoms with Gasteiger partial charge < -0.3 is 10.1 Å². The van der Waals surface area contributed by atoms with E-state index >= 15 is 0 Å². The van der Waals surface area contributed by atoms with Crippen LogP contribution in [0.4, 0.5) is 0 Å². The monoisotopic (exact) mass is 253 g/mol. The molecule has 3 rings (SSSR count). The van der Waals surface area contributed by atoms with E-state index in [0.29, 0.717) is 0 Å². The number of ether oxygens (including phenoxy) is 1.